The van der Waals surface area contributed by atoms with E-state index in [-0.39, 0.29) is 11.5 Å². The fourth-order valence-electron chi connectivity index (χ4n) is 4.70. The molecule has 2 aromatic rings. The van der Waals surface area contributed by atoms with Crippen LogP contribution in [0.5, 0.6) is 0 Å². The molecule has 5 rings (SSSR count). The monoisotopic (exact) mass is 381 g/mol. The van der Waals surface area contributed by atoms with Gasteiger partial charge in [-0.2, -0.15) is 0 Å². The summed E-state index contributed by atoms with van der Waals surface area (Å²) in [5, 5.41) is 0.738. The van der Waals surface area contributed by atoms with E-state index in [0.29, 0.717) is 49.6 Å². The molecule has 6 nitrogen and oxygen atoms in total. The van der Waals surface area contributed by atoms with E-state index in [2.05, 4.69) is 12.2 Å². The fraction of sp³-hybridized carbons (Fsp3) is 0.455. The maximum Gasteiger partial charge on any atom is 0.349 e. The van der Waals surface area contributed by atoms with Crippen LogP contribution in [0.2, 0.25) is 0 Å². The summed E-state index contributed by atoms with van der Waals surface area (Å²) < 4.78 is 16.5. The Balaban J connectivity index is 1.43. The predicted octanol–water partition coefficient (Wildman–Crippen LogP) is 2.82. The lowest BCUT2D eigenvalue weighted by Crippen LogP contribution is -2.43. The third kappa shape index (κ3) is 3.27. The van der Waals surface area contributed by atoms with Gasteiger partial charge < -0.3 is 18.8 Å². The molecule has 1 amide bonds. The zero-order valence-electron chi connectivity index (χ0n) is 15.6. The molecule has 0 unspecified atom stereocenters. The molecule has 0 N–H and O–H groups in total. The number of rotatable bonds is 5. The second kappa shape index (κ2) is 7.18. The second-order valence-corrected chi connectivity index (χ2v) is 7.91. The third-order valence-corrected chi connectivity index (χ3v) is 6.09. The van der Waals surface area contributed by atoms with Crippen LogP contribution in [-0.4, -0.2) is 43.4 Å². The number of ether oxygens (including phenoxy) is 2. The number of para-hydroxylation sites is 1. The van der Waals surface area contributed by atoms with Crippen LogP contribution in [0.15, 0.2) is 51.7 Å². The van der Waals surface area contributed by atoms with Crippen LogP contribution >= 0.6 is 0 Å². The van der Waals surface area contributed by atoms with Crippen LogP contribution in [0.1, 0.15) is 23.2 Å². The number of hydrogen-bond donors (Lipinski definition) is 0. The van der Waals surface area contributed by atoms with E-state index in [1.807, 2.05) is 12.1 Å². The molecule has 2 bridgehead atoms. The molecule has 6 heteroatoms. The summed E-state index contributed by atoms with van der Waals surface area (Å²) in [6, 6.07) is 8.86. The Morgan fingerprint density at radius 1 is 1.07 bits per heavy atom. The van der Waals surface area contributed by atoms with E-state index in [0.717, 1.165) is 11.8 Å². The smallest absolute Gasteiger partial charge is 0.349 e. The topological polar surface area (TPSA) is 69.0 Å². The van der Waals surface area contributed by atoms with E-state index in [9.17, 15) is 9.59 Å². The lowest BCUT2D eigenvalue weighted by Gasteiger charge is -2.30. The Hall–Kier alpha value is -2.44. The van der Waals surface area contributed by atoms with Crippen LogP contribution in [0, 0.1) is 17.8 Å². The standard InChI is InChI=1S/C22H23NO5/c24-21(18-11-16-3-1-2-4-19(16)28-22(18)25)23(13-20-26-7-8-27-20)12-17-10-14-5-6-15(17)9-14/h1-6,11,14-15,17,20H,7-10,12-13H2/t14-,15+,17-/m1/s1. The van der Waals surface area contributed by atoms with Gasteiger partial charge in [0.2, 0.25) is 0 Å². The van der Waals surface area contributed by atoms with Crippen LogP contribution in [0.4, 0.5) is 0 Å². The number of nitrogens with zero attached hydrogens (tertiary/aromatic N) is 1. The van der Waals surface area contributed by atoms with Crippen molar-refractivity contribution >= 4 is 16.9 Å². The van der Waals surface area contributed by atoms with Gasteiger partial charge in [-0.1, -0.05) is 30.4 Å². The van der Waals surface area contributed by atoms with E-state index in [4.69, 9.17) is 13.9 Å². The summed E-state index contributed by atoms with van der Waals surface area (Å²) in [4.78, 5) is 27.5. The number of amides is 1. The molecule has 1 aromatic carbocycles. The minimum absolute atomic E-state index is 0.0652. The van der Waals surface area contributed by atoms with Crippen LogP contribution in [0.25, 0.3) is 11.0 Å². The Labute approximate surface area is 162 Å². The molecular formula is C22H23NO5. The molecule has 28 heavy (non-hydrogen) atoms. The minimum atomic E-state index is -0.602. The molecule has 0 radical (unpaired) electrons. The molecule has 3 aliphatic rings. The molecule has 2 heterocycles. The van der Waals surface area contributed by atoms with Gasteiger partial charge in [0.15, 0.2) is 6.29 Å². The van der Waals surface area contributed by atoms with Crippen molar-refractivity contribution in [2.75, 3.05) is 26.3 Å². The van der Waals surface area contributed by atoms with E-state index in [1.54, 1.807) is 23.1 Å². The van der Waals surface area contributed by atoms with Gasteiger partial charge in [-0.05, 0) is 42.7 Å². The maximum absolute atomic E-state index is 13.3. The molecule has 2 aliphatic carbocycles. The first-order valence-electron chi connectivity index (χ1n) is 9.91. The van der Waals surface area contributed by atoms with Gasteiger partial charge in [-0.25, -0.2) is 4.79 Å². The predicted molar refractivity (Wildman–Crippen MR) is 103 cm³/mol. The first kappa shape index (κ1) is 17.6. The first-order chi connectivity index (χ1) is 13.7. The Morgan fingerprint density at radius 2 is 1.89 bits per heavy atom. The molecule has 1 aliphatic heterocycles. The SMILES string of the molecule is O=C(c1cc2ccccc2oc1=O)N(CC1OCCO1)C[C@H]1C[C@@H]2C=C[C@H]1C2. The number of benzene rings is 1. The van der Waals surface area contributed by atoms with Gasteiger partial charge in [0.25, 0.3) is 5.91 Å². The zero-order valence-corrected chi connectivity index (χ0v) is 15.6. The number of fused-ring (bicyclic) bond motifs is 3. The average molecular weight is 381 g/mol. The highest BCUT2D eigenvalue weighted by Gasteiger charge is 2.38. The molecule has 1 saturated carbocycles. The molecule has 146 valence electrons. The number of carbonyl (C=O) groups excluding carboxylic acids is 1. The van der Waals surface area contributed by atoms with Crippen molar-refractivity contribution in [3.05, 3.63) is 58.5 Å². The quantitative estimate of drug-likeness (QED) is 0.588. The first-order valence-corrected chi connectivity index (χ1v) is 9.91. The van der Waals surface area contributed by atoms with Gasteiger partial charge in [0.05, 0.1) is 19.8 Å². The van der Waals surface area contributed by atoms with Gasteiger partial charge in [-0.3, -0.25) is 4.79 Å². The minimum Gasteiger partial charge on any atom is -0.422 e. The average Bonchev–Trinajstić information content (AvgIpc) is 3.45. The van der Waals surface area contributed by atoms with Crippen molar-refractivity contribution in [2.24, 2.45) is 17.8 Å². The van der Waals surface area contributed by atoms with Gasteiger partial charge in [0.1, 0.15) is 11.1 Å². The Kier molecular flexibility index (Phi) is 4.53. The van der Waals surface area contributed by atoms with Gasteiger partial charge in [-0.15, -0.1) is 0 Å². The van der Waals surface area contributed by atoms with E-state index < -0.39 is 11.9 Å². The third-order valence-electron chi connectivity index (χ3n) is 6.09. The summed E-state index contributed by atoms with van der Waals surface area (Å²) >= 11 is 0. The normalized spacial score (nSPS) is 26.4. The van der Waals surface area contributed by atoms with Crippen molar-refractivity contribution in [1.82, 2.24) is 4.90 Å². The van der Waals surface area contributed by atoms with Gasteiger partial charge in [0, 0.05) is 11.9 Å². The lowest BCUT2D eigenvalue weighted by atomic mass is 9.93. The molecular weight excluding hydrogens is 358 g/mol. The van der Waals surface area contributed by atoms with E-state index in [1.165, 1.54) is 6.42 Å². The summed E-state index contributed by atoms with van der Waals surface area (Å²) in [6.45, 7) is 1.98. The number of allylic oxidation sites excluding steroid dienone is 2. The highest BCUT2D eigenvalue weighted by atomic mass is 16.7. The fourth-order valence-corrected chi connectivity index (χ4v) is 4.70. The van der Waals surface area contributed by atoms with Crippen LogP contribution in [-0.2, 0) is 9.47 Å². The maximum atomic E-state index is 13.3. The zero-order chi connectivity index (χ0) is 19.1. The van der Waals surface area contributed by atoms with Crippen molar-refractivity contribution in [3.8, 4) is 0 Å². The summed E-state index contributed by atoms with van der Waals surface area (Å²) in [7, 11) is 0. The van der Waals surface area contributed by atoms with Crippen LogP contribution in [0.3, 0.4) is 0 Å². The Bertz CT molecular complexity index is 974. The highest BCUT2D eigenvalue weighted by Crippen LogP contribution is 2.43. The number of hydrogen-bond acceptors (Lipinski definition) is 5. The Morgan fingerprint density at radius 3 is 2.64 bits per heavy atom. The molecule has 0 spiro atoms. The van der Waals surface area contributed by atoms with Crippen molar-refractivity contribution in [2.45, 2.75) is 19.1 Å². The van der Waals surface area contributed by atoms with E-state index >= 15 is 0 Å². The second-order valence-electron chi connectivity index (χ2n) is 7.91. The molecule has 1 aromatic heterocycles. The van der Waals surface area contributed by atoms with Crippen molar-refractivity contribution < 1.29 is 18.7 Å². The molecule has 1 saturated heterocycles. The largest absolute Gasteiger partial charge is 0.422 e. The summed E-state index contributed by atoms with van der Waals surface area (Å²) in [5.41, 5.74) is -0.0542. The summed E-state index contributed by atoms with van der Waals surface area (Å²) in [5.74, 6) is 1.23. The van der Waals surface area contributed by atoms with Gasteiger partial charge >= 0.3 is 5.63 Å². The highest BCUT2D eigenvalue weighted by molar-refractivity contribution is 5.96. The lowest BCUT2D eigenvalue weighted by molar-refractivity contribution is -0.0593. The molecule has 3 atom stereocenters. The molecule has 2 fully saturated rings. The number of carbonyl (C=O) groups is 1. The van der Waals surface area contributed by atoms with Crippen molar-refractivity contribution in [3.63, 3.8) is 0 Å². The van der Waals surface area contributed by atoms with Crippen LogP contribution < -0.4 is 5.63 Å². The van der Waals surface area contributed by atoms with Crippen molar-refractivity contribution in [1.29, 1.82) is 0 Å². The summed E-state index contributed by atoms with van der Waals surface area (Å²) in [6.07, 6.45) is 6.37.